The third-order valence-electron chi connectivity index (χ3n) is 2.23. The van der Waals surface area contributed by atoms with Crippen LogP contribution in [0.15, 0.2) is 12.1 Å². The summed E-state index contributed by atoms with van der Waals surface area (Å²) in [5.74, 6) is -1.05. The van der Waals surface area contributed by atoms with E-state index in [2.05, 4.69) is 5.32 Å². The number of hydrogen-bond acceptors (Lipinski definition) is 5. The second-order valence-electron chi connectivity index (χ2n) is 3.38. The molecule has 0 aliphatic heterocycles. The molecule has 1 unspecified atom stereocenters. The van der Waals surface area contributed by atoms with E-state index in [0.717, 1.165) is 12.1 Å². The van der Waals surface area contributed by atoms with Gasteiger partial charge >= 0.3 is 0 Å². The first kappa shape index (κ1) is 13.3. The number of nitro benzene ring substituents is 1. The van der Waals surface area contributed by atoms with Crippen molar-refractivity contribution in [3.05, 3.63) is 33.6 Å². The fourth-order valence-corrected chi connectivity index (χ4v) is 1.47. The summed E-state index contributed by atoms with van der Waals surface area (Å²) >= 11 is 0. The molecule has 0 aliphatic carbocycles. The van der Waals surface area contributed by atoms with Gasteiger partial charge in [-0.15, -0.1) is 0 Å². The first-order valence-corrected chi connectivity index (χ1v) is 4.85. The van der Waals surface area contributed by atoms with Gasteiger partial charge in [0.2, 0.25) is 0 Å². The van der Waals surface area contributed by atoms with Gasteiger partial charge < -0.3 is 15.2 Å². The third kappa shape index (κ3) is 2.89. The number of ether oxygens (including phenoxy) is 1. The van der Waals surface area contributed by atoms with Crippen LogP contribution in [-0.2, 0) is 0 Å². The van der Waals surface area contributed by atoms with Gasteiger partial charge in [-0.05, 0) is 7.05 Å². The quantitative estimate of drug-likeness (QED) is 0.596. The van der Waals surface area contributed by atoms with Crippen molar-refractivity contribution in [2.45, 2.75) is 6.10 Å². The first-order chi connectivity index (χ1) is 8.01. The number of hydrogen-bond donors (Lipinski definition) is 2. The zero-order valence-corrected chi connectivity index (χ0v) is 9.44. The zero-order valence-electron chi connectivity index (χ0n) is 9.44. The smallest absolute Gasteiger partial charge is 0.273 e. The van der Waals surface area contributed by atoms with E-state index in [1.165, 1.54) is 7.11 Å². The molecule has 2 N–H and O–H groups in total. The highest BCUT2D eigenvalue weighted by molar-refractivity contribution is 5.46. The van der Waals surface area contributed by atoms with Crippen LogP contribution in [0.25, 0.3) is 0 Å². The van der Waals surface area contributed by atoms with E-state index in [4.69, 9.17) is 4.74 Å². The SMILES string of the molecule is CNCC(O)c1cc([N+](=O)[O-])cc(F)c1OC. The van der Waals surface area contributed by atoms with Gasteiger partial charge in [-0.3, -0.25) is 10.1 Å². The van der Waals surface area contributed by atoms with E-state index < -0.39 is 22.5 Å². The van der Waals surface area contributed by atoms with Crippen molar-refractivity contribution in [1.82, 2.24) is 5.32 Å². The van der Waals surface area contributed by atoms with Gasteiger partial charge in [-0.1, -0.05) is 0 Å². The minimum absolute atomic E-state index is 0.0496. The van der Waals surface area contributed by atoms with E-state index in [0.29, 0.717) is 0 Å². The minimum atomic E-state index is -1.08. The number of nitrogens with zero attached hydrogens (tertiary/aromatic N) is 1. The fourth-order valence-electron chi connectivity index (χ4n) is 1.47. The van der Waals surface area contributed by atoms with Crippen LogP contribution in [0.1, 0.15) is 11.7 Å². The molecule has 0 aromatic heterocycles. The van der Waals surface area contributed by atoms with Gasteiger partial charge in [0, 0.05) is 18.2 Å². The number of rotatable bonds is 5. The molecule has 0 aliphatic rings. The summed E-state index contributed by atoms with van der Waals surface area (Å²) in [7, 11) is 2.84. The molecule has 0 heterocycles. The molecule has 0 bridgehead atoms. The lowest BCUT2D eigenvalue weighted by Gasteiger charge is -2.14. The predicted molar refractivity (Wildman–Crippen MR) is 58.5 cm³/mol. The fraction of sp³-hybridized carbons (Fsp3) is 0.400. The number of aliphatic hydroxyl groups excluding tert-OH is 1. The Morgan fingerprint density at radius 3 is 2.76 bits per heavy atom. The Morgan fingerprint density at radius 2 is 2.29 bits per heavy atom. The van der Waals surface area contributed by atoms with Crippen molar-refractivity contribution in [2.75, 3.05) is 20.7 Å². The monoisotopic (exact) mass is 244 g/mol. The Kier molecular flexibility index (Phi) is 4.36. The third-order valence-corrected chi connectivity index (χ3v) is 2.23. The van der Waals surface area contributed by atoms with Gasteiger partial charge in [0.05, 0.1) is 24.2 Å². The average molecular weight is 244 g/mol. The highest BCUT2D eigenvalue weighted by atomic mass is 19.1. The van der Waals surface area contributed by atoms with Crippen LogP contribution in [0.3, 0.4) is 0 Å². The molecule has 0 radical (unpaired) electrons. The van der Waals surface area contributed by atoms with Gasteiger partial charge in [0.15, 0.2) is 11.6 Å². The molecule has 6 nitrogen and oxygen atoms in total. The lowest BCUT2D eigenvalue weighted by molar-refractivity contribution is -0.385. The van der Waals surface area contributed by atoms with E-state index in [9.17, 15) is 19.6 Å². The molecule has 1 rings (SSSR count). The number of likely N-dealkylation sites (N-methyl/N-ethyl adjacent to an activating group) is 1. The molecule has 0 saturated heterocycles. The summed E-state index contributed by atoms with van der Waals surface area (Å²) < 4.78 is 18.3. The predicted octanol–water partition coefficient (Wildman–Crippen LogP) is 0.995. The highest BCUT2D eigenvalue weighted by Gasteiger charge is 2.21. The Hall–Kier alpha value is -1.73. The average Bonchev–Trinajstić information content (AvgIpc) is 2.28. The summed E-state index contributed by atoms with van der Waals surface area (Å²) in [5.41, 5.74) is -0.373. The largest absolute Gasteiger partial charge is 0.493 e. The van der Waals surface area contributed by atoms with E-state index >= 15 is 0 Å². The maximum Gasteiger partial charge on any atom is 0.273 e. The van der Waals surface area contributed by atoms with Gasteiger partial charge in [0.25, 0.3) is 5.69 Å². The van der Waals surface area contributed by atoms with Crippen LogP contribution in [0.4, 0.5) is 10.1 Å². The Balaban J connectivity index is 3.28. The maximum absolute atomic E-state index is 13.5. The van der Waals surface area contributed by atoms with Crippen LogP contribution < -0.4 is 10.1 Å². The lowest BCUT2D eigenvalue weighted by Crippen LogP contribution is -2.17. The van der Waals surface area contributed by atoms with Crippen LogP contribution in [0.2, 0.25) is 0 Å². The molecule has 1 aromatic carbocycles. The van der Waals surface area contributed by atoms with Crippen molar-refractivity contribution in [3.63, 3.8) is 0 Å². The first-order valence-electron chi connectivity index (χ1n) is 4.85. The van der Waals surface area contributed by atoms with Crippen molar-refractivity contribution in [1.29, 1.82) is 0 Å². The Morgan fingerprint density at radius 1 is 1.65 bits per heavy atom. The van der Waals surface area contributed by atoms with Gasteiger partial charge in [-0.25, -0.2) is 4.39 Å². The Bertz CT molecular complexity index is 425. The summed E-state index contributed by atoms with van der Waals surface area (Å²) in [6.07, 6.45) is -1.08. The van der Waals surface area contributed by atoms with E-state index in [1.807, 2.05) is 0 Å². The standard InChI is InChI=1S/C10H13FN2O4/c1-12-5-9(14)7-3-6(13(15)16)4-8(11)10(7)17-2/h3-4,9,12,14H,5H2,1-2H3. The number of halogens is 1. The number of nitrogens with one attached hydrogen (secondary N) is 1. The van der Waals surface area contributed by atoms with Crippen molar-refractivity contribution < 1.29 is 19.2 Å². The molecule has 7 heteroatoms. The molecule has 1 aromatic rings. The van der Waals surface area contributed by atoms with Crippen LogP contribution in [0, 0.1) is 15.9 Å². The van der Waals surface area contributed by atoms with Crippen LogP contribution in [0.5, 0.6) is 5.75 Å². The molecule has 0 saturated carbocycles. The molecule has 1 atom stereocenters. The van der Waals surface area contributed by atoms with Crippen LogP contribution >= 0.6 is 0 Å². The van der Waals surface area contributed by atoms with E-state index in [-0.39, 0.29) is 17.9 Å². The Labute approximate surface area is 97.2 Å². The topological polar surface area (TPSA) is 84.6 Å². The summed E-state index contributed by atoms with van der Waals surface area (Å²) in [4.78, 5) is 9.86. The molecule has 94 valence electrons. The lowest BCUT2D eigenvalue weighted by atomic mass is 10.1. The minimum Gasteiger partial charge on any atom is -0.493 e. The summed E-state index contributed by atoms with van der Waals surface area (Å²) in [6.45, 7) is 0.136. The maximum atomic E-state index is 13.5. The molecule has 17 heavy (non-hydrogen) atoms. The van der Waals surface area contributed by atoms with Crippen molar-refractivity contribution >= 4 is 5.69 Å². The van der Waals surface area contributed by atoms with Crippen molar-refractivity contribution in [3.8, 4) is 5.75 Å². The molecule has 0 fully saturated rings. The number of nitro groups is 1. The molecular formula is C10H13FN2O4. The molecule has 0 amide bonds. The van der Waals surface area contributed by atoms with Gasteiger partial charge in [0.1, 0.15) is 0 Å². The van der Waals surface area contributed by atoms with Crippen molar-refractivity contribution in [2.24, 2.45) is 0 Å². The number of non-ortho nitro benzene ring substituents is 1. The summed E-state index contributed by atoms with van der Waals surface area (Å²) in [5, 5.41) is 23.0. The highest BCUT2D eigenvalue weighted by Crippen LogP contribution is 2.32. The number of methoxy groups -OCH3 is 1. The summed E-state index contributed by atoms with van der Waals surface area (Å²) in [6, 6.07) is 1.86. The number of aliphatic hydroxyl groups is 1. The number of benzene rings is 1. The second kappa shape index (κ2) is 5.55. The van der Waals surface area contributed by atoms with Gasteiger partial charge in [-0.2, -0.15) is 0 Å². The van der Waals surface area contributed by atoms with Crippen LogP contribution in [-0.4, -0.2) is 30.7 Å². The molecule has 0 spiro atoms. The normalized spacial score (nSPS) is 12.2. The zero-order chi connectivity index (χ0) is 13.0. The second-order valence-corrected chi connectivity index (χ2v) is 3.38. The molecular weight excluding hydrogens is 231 g/mol. The van der Waals surface area contributed by atoms with E-state index in [1.54, 1.807) is 7.05 Å².